The molecule has 1 heterocycles. The van der Waals surface area contributed by atoms with Crippen molar-refractivity contribution in [2.24, 2.45) is 0 Å². The highest BCUT2D eigenvalue weighted by atomic mass is 16.5. The molecule has 6 heteroatoms. The van der Waals surface area contributed by atoms with Crippen LogP contribution in [-0.4, -0.2) is 30.2 Å². The summed E-state index contributed by atoms with van der Waals surface area (Å²) in [6, 6.07) is 12.6. The average molecular weight is 339 g/mol. The number of hydrogen-bond donors (Lipinski definition) is 2. The number of rotatable bonds is 6. The summed E-state index contributed by atoms with van der Waals surface area (Å²) in [5.41, 5.74) is 2.95. The number of hydrogen-bond acceptors (Lipinski definition) is 4. The molecule has 128 valence electrons. The van der Waals surface area contributed by atoms with Crippen molar-refractivity contribution in [1.29, 1.82) is 0 Å². The molecule has 0 aliphatic carbocycles. The smallest absolute Gasteiger partial charge is 0.341 e. The lowest BCUT2D eigenvalue weighted by molar-refractivity contribution is -0.139. The first kappa shape index (κ1) is 16.6. The molecule has 2 aromatic carbocycles. The number of aliphatic carboxylic acids is 1. The third-order valence-corrected chi connectivity index (χ3v) is 3.64. The summed E-state index contributed by atoms with van der Waals surface area (Å²) in [5.74, 6) is -0.439. The second-order valence-electron chi connectivity index (χ2n) is 5.38. The molecule has 2 aromatic rings. The van der Waals surface area contributed by atoms with Crippen LogP contribution in [0.15, 0.2) is 42.5 Å². The van der Waals surface area contributed by atoms with Gasteiger partial charge in [0.1, 0.15) is 0 Å². The third-order valence-electron chi connectivity index (χ3n) is 3.64. The Morgan fingerprint density at radius 2 is 1.96 bits per heavy atom. The van der Waals surface area contributed by atoms with Gasteiger partial charge in [0.25, 0.3) is 5.91 Å². The first-order valence-electron chi connectivity index (χ1n) is 7.82. The standard InChI is InChI=1S/C19H17NO5/c1-2-24-17-10-12(7-8-16(17)25-11-18(21)22)9-14-13-5-3-4-6-15(13)20-19(14)23/h3-10H,2,11H2,1H3,(H,20,23)(H,21,22)/b14-9-. The van der Waals surface area contributed by atoms with Gasteiger partial charge in [0.2, 0.25) is 0 Å². The Labute approximate surface area is 144 Å². The topological polar surface area (TPSA) is 84.9 Å². The maximum absolute atomic E-state index is 12.2. The lowest BCUT2D eigenvalue weighted by atomic mass is 10.0. The van der Waals surface area contributed by atoms with E-state index in [1.54, 1.807) is 24.3 Å². The van der Waals surface area contributed by atoms with Gasteiger partial charge >= 0.3 is 5.97 Å². The number of carboxylic acid groups (broad SMARTS) is 1. The molecule has 0 radical (unpaired) electrons. The van der Waals surface area contributed by atoms with Gasteiger partial charge in [-0.1, -0.05) is 24.3 Å². The highest BCUT2D eigenvalue weighted by molar-refractivity contribution is 6.34. The van der Waals surface area contributed by atoms with Crippen molar-refractivity contribution in [2.45, 2.75) is 6.92 Å². The maximum Gasteiger partial charge on any atom is 0.341 e. The van der Waals surface area contributed by atoms with E-state index in [4.69, 9.17) is 14.6 Å². The summed E-state index contributed by atoms with van der Waals surface area (Å²) in [7, 11) is 0. The second kappa shape index (κ2) is 7.09. The van der Waals surface area contributed by atoms with Gasteiger partial charge in [-0.05, 0) is 36.8 Å². The van der Waals surface area contributed by atoms with Crippen molar-refractivity contribution in [2.75, 3.05) is 18.5 Å². The minimum absolute atomic E-state index is 0.162. The molecule has 0 atom stereocenters. The molecule has 1 aliphatic rings. The Morgan fingerprint density at radius 1 is 1.16 bits per heavy atom. The molecule has 0 saturated carbocycles. The Balaban J connectivity index is 1.94. The molecular formula is C19H17NO5. The van der Waals surface area contributed by atoms with E-state index in [9.17, 15) is 9.59 Å². The average Bonchev–Trinajstić information content (AvgIpc) is 2.90. The van der Waals surface area contributed by atoms with Crippen LogP contribution in [0.4, 0.5) is 5.69 Å². The zero-order valence-corrected chi connectivity index (χ0v) is 13.6. The number of carbonyl (C=O) groups excluding carboxylic acids is 1. The van der Waals surface area contributed by atoms with Crippen molar-refractivity contribution in [3.8, 4) is 11.5 Å². The van der Waals surface area contributed by atoms with Gasteiger partial charge in [-0.3, -0.25) is 4.79 Å². The predicted molar refractivity (Wildman–Crippen MR) is 93.7 cm³/mol. The number of anilines is 1. The molecule has 1 amide bonds. The zero-order chi connectivity index (χ0) is 17.8. The quantitative estimate of drug-likeness (QED) is 0.790. The first-order chi connectivity index (χ1) is 12.1. The van der Waals surface area contributed by atoms with Crippen LogP contribution in [0.1, 0.15) is 18.1 Å². The van der Waals surface area contributed by atoms with Crippen LogP contribution in [-0.2, 0) is 9.59 Å². The molecule has 1 aliphatic heterocycles. The number of ether oxygens (including phenoxy) is 2. The maximum atomic E-state index is 12.2. The van der Waals surface area contributed by atoms with Crippen LogP contribution in [0, 0.1) is 0 Å². The van der Waals surface area contributed by atoms with Crippen LogP contribution >= 0.6 is 0 Å². The number of carbonyl (C=O) groups is 2. The van der Waals surface area contributed by atoms with Crippen LogP contribution in [0.3, 0.4) is 0 Å². The number of fused-ring (bicyclic) bond motifs is 1. The summed E-state index contributed by atoms with van der Waals surface area (Å²) < 4.78 is 10.8. The number of nitrogens with one attached hydrogen (secondary N) is 1. The first-order valence-corrected chi connectivity index (χ1v) is 7.82. The number of amides is 1. The molecule has 0 aromatic heterocycles. The van der Waals surface area contributed by atoms with Crippen molar-refractivity contribution in [3.05, 3.63) is 53.6 Å². The van der Waals surface area contributed by atoms with E-state index >= 15 is 0 Å². The molecule has 6 nitrogen and oxygen atoms in total. The van der Waals surface area contributed by atoms with Crippen LogP contribution in [0.25, 0.3) is 11.6 Å². The number of para-hydroxylation sites is 1. The van der Waals surface area contributed by atoms with Gasteiger partial charge in [0, 0.05) is 16.8 Å². The van der Waals surface area contributed by atoms with Gasteiger partial charge in [-0.15, -0.1) is 0 Å². The Bertz CT molecular complexity index is 857. The lowest BCUT2D eigenvalue weighted by Crippen LogP contribution is -2.10. The summed E-state index contributed by atoms with van der Waals surface area (Å²) in [5, 5.41) is 11.6. The Hall–Kier alpha value is -3.28. The van der Waals surface area contributed by atoms with E-state index in [0.717, 1.165) is 16.8 Å². The fourth-order valence-corrected chi connectivity index (χ4v) is 2.59. The molecule has 0 spiro atoms. The SMILES string of the molecule is CCOc1cc(/C=C2\C(=O)Nc3ccccc32)ccc1OCC(=O)O. The van der Waals surface area contributed by atoms with Gasteiger partial charge < -0.3 is 19.9 Å². The Morgan fingerprint density at radius 3 is 2.72 bits per heavy atom. The monoisotopic (exact) mass is 339 g/mol. The zero-order valence-electron chi connectivity index (χ0n) is 13.6. The molecule has 2 N–H and O–H groups in total. The number of benzene rings is 2. The minimum atomic E-state index is -1.06. The lowest BCUT2D eigenvalue weighted by Gasteiger charge is -2.11. The van der Waals surface area contributed by atoms with E-state index in [1.165, 1.54) is 0 Å². The van der Waals surface area contributed by atoms with Crippen molar-refractivity contribution < 1.29 is 24.2 Å². The molecule has 0 unspecified atom stereocenters. The molecule has 0 fully saturated rings. The highest BCUT2D eigenvalue weighted by Gasteiger charge is 2.23. The molecule has 3 rings (SSSR count). The van der Waals surface area contributed by atoms with E-state index in [1.807, 2.05) is 31.2 Å². The molecule has 0 bridgehead atoms. The van der Waals surface area contributed by atoms with Gasteiger partial charge in [0.05, 0.1) is 6.61 Å². The highest BCUT2D eigenvalue weighted by Crippen LogP contribution is 2.34. The van der Waals surface area contributed by atoms with Crippen LogP contribution in [0.5, 0.6) is 11.5 Å². The molecule has 0 saturated heterocycles. The number of carboxylic acids is 1. The summed E-state index contributed by atoms with van der Waals surface area (Å²) >= 11 is 0. The Kier molecular flexibility index (Phi) is 4.70. The van der Waals surface area contributed by atoms with E-state index in [2.05, 4.69) is 5.32 Å². The largest absolute Gasteiger partial charge is 0.490 e. The summed E-state index contributed by atoms with van der Waals surface area (Å²) in [6.45, 7) is 1.79. The van der Waals surface area contributed by atoms with Crippen molar-refractivity contribution in [3.63, 3.8) is 0 Å². The third kappa shape index (κ3) is 3.63. The van der Waals surface area contributed by atoms with Crippen LogP contribution < -0.4 is 14.8 Å². The van der Waals surface area contributed by atoms with E-state index < -0.39 is 12.6 Å². The van der Waals surface area contributed by atoms with Gasteiger partial charge in [-0.2, -0.15) is 0 Å². The van der Waals surface area contributed by atoms with Crippen LogP contribution in [0.2, 0.25) is 0 Å². The van der Waals surface area contributed by atoms with Crippen molar-refractivity contribution >= 4 is 29.2 Å². The minimum Gasteiger partial charge on any atom is -0.490 e. The van der Waals surface area contributed by atoms with Crippen molar-refractivity contribution in [1.82, 2.24) is 0 Å². The fourth-order valence-electron chi connectivity index (χ4n) is 2.59. The van der Waals surface area contributed by atoms with E-state index in [-0.39, 0.29) is 5.91 Å². The van der Waals surface area contributed by atoms with E-state index in [0.29, 0.717) is 23.7 Å². The normalized spacial score (nSPS) is 14.1. The van der Waals surface area contributed by atoms with Gasteiger partial charge in [0.15, 0.2) is 18.1 Å². The van der Waals surface area contributed by atoms with Gasteiger partial charge in [-0.25, -0.2) is 4.79 Å². The molecular weight excluding hydrogens is 322 g/mol. The summed E-state index contributed by atoms with van der Waals surface area (Å²) in [4.78, 5) is 22.9. The second-order valence-corrected chi connectivity index (χ2v) is 5.38. The fraction of sp³-hybridized carbons (Fsp3) is 0.158. The summed E-state index contributed by atoms with van der Waals surface area (Å²) in [6.07, 6.45) is 1.77. The molecule has 25 heavy (non-hydrogen) atoms. The predicted octanol–water partition coefficient (Wildman–Crippen LogP) is 3.04.